The molecule has 1 fully saturated rings. The van der Waals surface area contributed by atoms with Crippen molar-refractivity contribution < 1.29 is 17.9 Å². The molecule has 1 amide bonds. The quantitative estimate of drug-likeness (QED) is 0.567. The average molecular weight is 482 g/mol. The van der Waals surface area contributed by atoms with E-state index < -0.39 is 15.9 Å². The molecule has 10 heteroatoms. The first kappa shape index (κ1) is 23.6. The van der Waals surface area contributed by atoms with E-state index in [0.29, 0.717) is 11.7 Å². The molecule has 9 nitrogen and oxygen atoms in total. The van der Waals surface area contributed by atoms with Crippen LogP contribution >= 0.6 is 0 Å². The summed E-state index contributed by atoms with van der Waals surface area (Å²) in [6, 6.07) is 12.7. The van der Waals surface area contributed by atoms with Crippen molar-refractivity contribution in [2.24, 2.45) is 5.92 Å². The van der Waals surface area contributed by atoms with Gasteiger partial charge in [-0.05, 0) is 57.4 Å². The van der Waals surface area contributed by atoms with Crippen LogP contribution in [-0.4, -0.2) is 41.4 Å². The molecular formula is C24H27N5O4S. The number of pyridine rings is 3. The van der Waals surface area contributed by atoms with Crippen LogP contribution in [0, 0.1) is 12.8 Å². The smallest absolute Gasteiger partial charge is 0.281 e. The molecular weight excluding hydrogens is 454 g/mol. The number of aromatic nitrogens is 3. The molecule has 34 heavy (non-hydrogen) atoms. The fourth-order valence-corrected chi connectivity index (χ4v) is 5.19. The van der Waals surface area contributed by atoms with Gasteiger partial charge in [0.2, 0.25) is 11.8 Å². The van der Waals surface area contributed by atoms with E-state index in [1.165, 1.54) is 18.2 Å². The Morgan fingerprint density at radius 2 is 1.79 bits per heavy atom. The number of amides is 1. The number of ether oxygens (including phenoxy) is 1. The van der Waals surface area contributed by atoms with Crippen molar-refractivity contribution in [3.05, 3.63) is 66.0 Å². The van der Waals surface area contributed by atoms with Crippen molar-refractivity contribution >= 4 is 21.7 Å². The Morgan fingerprint density at radius 1 is 1.09 bits per heavy atom. The lowest BCUT2D eigenvalue weighted by Gasteiger charge is -2.33. The monoisotopic (exact) mass is 481 g/mol. The van der Waals surface area contributed by atoms with Gasteiger partial charge in [-0.1, -0.05) is 19.1 Å². The van der Waals surface area contributed by atoms with Crippen molar-refractivity contribution in [2.75, 3.05) is 11.4 Å². The normalized spacial score (nSPS) is 17.4. The number of hydrogen-bond donors (Lipinski definition) is 1. The summed E-state index contributed by atoms with van der Waals surface area (Å²) >= 11 is 0. The van der Waals surface area contributed by atoms with E-state index in [9.17, 15) is 13.2 Å². The third-order valence-corrected chi connectivity index (χ3v) is 6.86. The zero-order chi connectivity index (χ0) is 24.5. The Labute approximate surface area is 199 Å². The maximum Gasteiger partial charge on any atom is 0.281 e. The van der Waals surface area contributed by atoms with E-state index in [1.54, 1.807) is 30.5 Å². The highest BCUT2D eigenvalue weighted by Gasteiger charge is 2.39. The average Bonchev–Trinajstić information content (AvgIpc) is 3.05. The van der Waals surface area contributed by atoms with Crippen LogP contribution in [0.2, 0.25) is 0 Å². The minimum absolute atomic E-state index is 0.0447. The van der Waals surface area contributed by atoms with E-state index in [0.717, 1.165) is 18.7 Å². The lowest BCUT2D eigenvalue weighted by molar-refractivity contribution is 0.0981. The summed E-state index contributed by atoms with van der Waals surface area (Å²) in [5.41, 5.74) is 0.722. The Balaban J connectivity index is 1.58. The Hall–Kier alpha value is -3.53. The van der Waals surface area contributed by atoms with E-state index in [2.05, 4.69) is 45.3 Å². The number of carbonyl (C=O) groups is 1. The Kier molecular flexibility index (Phi) is 6.26. The zero-order valence-electron chi connectivity index (χ0n) is 19.5. The number of hydrogen-bond acceptors (Lipinski definition) is 8. The first-order chi connectivity index (χ1) is 16.0. The van der Waals surface area contributed by atoms with Gasteiger partial charge in [0.05, 0.1) is 5.56 Å². The van der Waals surface area contributed by atoms with Crippen LogP contribution in [0.5, 0.6) is 11.8 Å². The van der Waals surface area contributed by atoms with Gasteiger partial charge in [0, 0.05) is 36.1 Å². The molecule has 0 radical (unpaired) electrons. The topological polar surface area (TPSA) is 114 Å². The number of carbonyl (C=O) groups excluding carboxylic acids is 1. The maximum atomic E-state index is 13.1. The highest BCUT2D eigenvalue weighted by atomic mass is 32.2. The molecule has 0 aromatic carbocycles. The summed E-state index contributed by atoms with van der Waals surface area (Å²) in [6.45, 7) is 8.85. The third-order valence-electron chi connectivity index (χ3n) is 5.63. The van der Waals surface area contributed by atoms with Gasteiger partial charge in [-0.3, -0.25) is 4.79 Å². The van der Waals surface area contributed by atoms with Crippen molar-refractivity contribution in [1.82, 2.24) is 19.7 Å². The highest BCUT2D eigenvalue weighted by molar-refractivity contribution is 7.90. The molecule has 1 atom stereocenters. The second kappa shape index (κ2) is 9.02. The van der Waals surface area contributed by atoms with Crippen molar-refractivity contribution in [2.45, 2.75) is 44.7 Å². The molecule has 0 saturated carbocycles. The number of rotatable bonds is 6. The number of aryl methyl sites for hydroxylation is 1. The summed E-state index contributed by atoms with van der Waals surface area (Å²) < 4.78 is 33.7. The Morgan fingerprint density at radius 3 is 2.47 bits per heavy atom. The van der Waals surface area contributed by atoms with Gasteiger partial charge in [-0.2, -0.15) is 13.4 Å². The first-order valence-corrected chi connectivity index (χ1v) is 12.4. The molecule has 178 valence electrons. The van der Waals surface area contributed by atoms with Gasteiger partial charge in [-0.15, -0.1) is 0 Å². The largest absolute Gasteiger partial charge is 0.421 e. The van der Waals surface area contributed by atoms with Crippen LogP contribution in [0.4, 0.5) is 5.82 Å². The molecule has 1 N–H and O–H groups in total. The van der Waals surface area contributed by atoms with Crippen molar-refractivity contribution in [1.29, 1.82) is 0 Å². The number of sulfonamides is 1. The molecule has 1 aliphatic rings. The fourth-order valence-electron chi connectivity index (χ4n) is 4.26. The standard InChI is InChI=1S/C24H27N5O4S/c1-16-14-24(3,4)29(15-16)22-18(9-7-13-25-22)23(30)28-34(31,32)21-12-6-11-20(27-21)33-19-10-5-8-17(2)26-19/h5-13,16H,14-15H2,1-4H3,(H,28,30). The zero-order valence-corrected chi connectivity index (χ0v) is 20.3. The molecule has 1 unspecified atom stereocenters. The number of nitrogens with one attached hydrogen (secondary N) is 1. The minimum Gasteiger partial charge on any atom is -0.421 e. The van der Waals surface area contributed by atoms with Gasteiger partial charge >= 0.3 is 0 Å². The third kappa shape index (κ3) is 5.01. The lowest BCUT2D eigenvalue weighted by Crippen LogP contribution is -2.41. The first-order valence-electron chi connectivity index (χ1n) is 10.9. The van der Waals surface area contributed by atoms with Crippen LogP contribution in [0.3, 0.4) is 0 Å². The van der Waals surface area contributed by atoms with Crippen LogP contribution in [0.1, 0.15) is 43.2 Å². The number of anilines is 1. The van der Waals surface area contributed by atoms with E-state index in [4.69, 9.17) is 4.74 Å². The summed E-state index contributed by atoms with van der Waals surface area (Å²) in [6.07, 6.45) is 2.54. The molecule has 1 aliphatic heterocycles. The molecule has 1 saturated heterocycles. The van der Waals surface area contributed by atoms with E-state index >= 15 is 0 Å². The molecule has 0 aliphatic carbocycles. The summed E-state index contributed by atoms with van der Waals surface area (Å²) in [5.74, 6) is 0.440. The predicted molar refractivity (Wildman–Crippen MR) is 127 cm³/mol. The highest BCUT2D eigenvalue weighted by Crippen LogP contribution is 2.37. The molecule has 4 rings (SSSR count). The second-order valence-corrected chi connectivity index (χ2v) is 10.7. The molecule has 0 bridgehead atoms. The maximum absolute atomic E-state index is 13.1. The van der Waals surface area contributed by atoms with Crippen LogP contribution in [-0.2, 0) is 10.0 Å². The minimum atomic E-state index is -4.27. The summed E-state index contributed by atoms with van der Waals surface area (Å²) in [4.78, 5) is 27.8. The van der Waals surface area contributed by atoms with Crippen LogP contribution in [0.15, 0.2) is 59.8 Å². The predicted octanol–water partition coefficient (Wildman–Crippen LogP) is 3.72. The van der Waals surface area contributed by atoms with Crippen LogP contribution in [0.25, 0.3) is 0 Å². The summed E-state index contributed by atoms with van der Waals surface area (Å²) in [5, 5.41) is -0.341. The second-order valence-electron chi connectivity index (χ2n) is 9.07. The van der Waals surface area contributed by atoms with Crippen LogP contribution < -0.4 is 14.4 Å². The molecule has 0 spiro atoms. The van der Waals surface area contributed by atoms with Gasteiger partial charge in [0.25, 0.3) is 15.9 Å². The van der Waals surface area contributed by atoms with E-state index in [-0.39, 0.29) is 27.9 Å². The van der Waals surface area contributed by atoms with Crippen molar-refractivity contribution in [3.8, 4) is 11.8 Å². The van der Waals surface area contributed by atoms with Gasteiger partial charge in [0.1, 0.15) is 5.82 Å². The Bertz CT molecular complexity index is 1330. The van der Waals surface area contributed by atoms with Gasteiger partial charge in [0.15, 0.2) is 5.03 Å². The fraction of sp³-hybridized carbons (Fsp3) is 0.333. The van der Waals surface area contributed by atoms with Crippen molar-refractivity contribution in [3.63, 3.8) is 0 Å². The lowest BCUT2D eigenvalue weighted by atomic mass is 9.97. The summed E-state index contributed by atoms with van der Waals surface area (Å²) in [7, 11) is -4.27. The molecule has 3 aromatic heterocycles. The van der Waals surface area contributed by atoms with Gasteiger partial charge in [-0.25, -0.2) is 14.7 Å². The molecule has 3 aromatic rings. The van der Waals surface area contributed by atoms with E-state index in [1.807, 2.05) is 13.0 Å². The number of nitrogens with zero attached hydrogens (tertiary/aromatic N) is 4. The molecule has 4 heterocycles. The SMILES string of the molecule is Cc1cccc(Oc2cccc(S(=O)(=O)NC(=O)c3cccnc3N3CC(C)CC3(C)C)n2)n1. The van der Waals surface area contributed by atoms with Gasteiger partial charge < -0.3 is 9.64 Å².